The van der Waals surface area contributed by atoms with Crippen LogP contribution < -0.4 is 5.32 Å². The summed E-state index contributed by atoms with van der Waals surface area (Å²) in [5, 5.41) is 3.34. The predicted molar refractivity (Wildman–Crippen MR) is 69.8 cm³/mol. The summed E-state index contributed by atoms with van der Waals surface area (Å²) < 4.78 is 0. The highest BCUT2D eigenvalue weighted by atomic mass is 32.2. The SMILES string of the molecule is CCNCCCSc1ccc(C)cc1C. The summed E-state index contributed by atoms with van der Waals surface area (Å²) in [6.45, 7) is 8.70. The summed E-state index contributed by atoms with van der Waals surface area (Å²) in [6.07, 6.45) is 1.24. The third-order valence-electron chi connectivity index (χ3n) is 2.34. The van der Waals surface area contributed by atoms with Crippen molar-refractivity contribution in [1.29, 1.82) is 0 Å². The van der Waals surface area contributed by atoms with Crippen LogP contribution in [0, 0.1) is 13.8 Å². The molecule has 0 saturated heterocycles. The zero-order valence-corrected chi connectivity index (χ0v) is 10.8. The fraction of sp³-hybridized carbons (Fsp3) is 0.538. The number of nitrogens with one attached hydrogen (secondary N) is 1. The van der Waals surface area contributed by atoms with Crippen molar-refractivity contribution in [3.05, 3.63) is 29.3 Å². The molecule has 0 spiro atoms. The molecule has 1 aromatic carbocycles. The lowest BCUT2D eigenvalue weighted by Crippen LogP contribution is -2.14. The molecule has 0 heterocycles. The first kappa shape index (κ1) is 12.6. The Kier molecular flexibility index (Phi) is 5.81. The number of thioether (sulfide) groups is 1. The minimum absolute atomic E-state index is 1.08. The number of hydrogen-bond donors (Lipinski definition) is 1. The van der Waals surface area contributed by atoms with Crippen LogP contribution in [0.3, 0.4) is 0 Å². The van der Waals surface area contributed by atoms with Gasteiger partial charge in [0.05, 0.1) is 0 Å². The lowest BCUT2D eigenvalue weighted by molar-refractivity contribution is 0.707. The van der Waals surface area contributed by atoms with Crippen LogP contribution in [-0.2, 0) is 0 Å². The molecule has 1 aromatic rings. The first-order valence-corrected chi connectivity index (χ1v) is 6.63. The second kappa shape index (κ2) is 6.91. The first-order chi connectivity index (χ1) is 7.24. The number of aryl methyl sites for hydroxylation is 2. The van der Waals surface area contributed by atoms with Crippen LogP contribution in [0.25, 0.3) is 0 Å². The second-order valence-electron chi connectivity index (χ2n) is 3.82. The van der Waals surface area contributed by atoms with Crippen molar-refractivity contribution in [2.45, 2.75) is 32.1 Å². The van der Waals surface area contributed by atoms with Gasteiger partial charge in [0.1, 0.15) is 0 Å². The highest BCUT2D eigenvalue weighted by Gasteiger charge is 1.98. The molecule has 0 aromatic heterocycles. The van der Waals surface area contributed by atoms with E-state index < -0.39 is 0 Å². The number of benzene rings is 1. The van der Waals surface area contributed by atoms with E-state index in [0.717, 1.165) is 13.1 Å². The third-order valence-corrected chi connectivity index (χ3v) is 3.60. The Balaban J connectivity index is 2.31. The monoisotopic (exact) mass is 223 g/mol. The van der Waals surface area contributed by atoms with Gasteiger partial charge in [0, 0.05) is 4.90 Å². The van der Waals surface area contributed by atoms with Gasteiger partial charge in [-0.05, 0) is 50.7 Å². The zero-order valence-electron chi connectivity index (χ0n) is 9.97. The van der Waals surface area contributed by atoms with E-state index in [2.05, 4.69) is 44.3 Å². The van der Waals surface area contributed by atoms with Crippen LogP contribution in [0.15, 0.2) is 23.1 Å². The molecule has 1 nitrogen and oxygen atoms in total. The highest BCUT2D eigenvalue weighted by Crippen LogP contribution is 2.23. The number of hydrogen-bond acceptors (Lipinski definition) is 2. The van der Waals surface area contributed by atoms with E-state index >= 15 is 0 Å². The lowest BCUT2D eigenvalue weighted by Gasteiger charge is -2.06. The molecule has 1 N–H and O–H groups in total. The molecule has 0 unspecified atom stereocenters. The number of rotatable bonds is 6. The maximum atomic E-state index is 3.34. The van der Waals surface area contributed by atoms with Crippen molar-refractivity contribution in [3.63, 3.8) is 0 Å². The standard InChI is InChI=1S/C13H21NS/c1-4-14-8-5-9-15-13-7-6-11(2)10-12(13)3/h6-7,10,14H,4-5,8-9H2,1-3H3. The molecule has 0 bridgehead atoms. The van der Waals surface area contributed by atoms with Gasteiger partial charge in [-0.15, -0.1) is 11.8 Å². The van der Waals surface area contributed by atoms with E-state index in [1.165, 1.54) is 28.2 Å². The summed E-state index contributed by atoms with van der Waals surface area (Å²) >= 11 is 1.97. The maximum absolute atomic E-state index is 3.34. The van der Waals surface area contributed by atoms with Crippen molar-refractivity contribution in [1.82, 2.24) is 5.32 Å². The predicted octanol–water partition coefficient (Wildman–Crippen LogP) is 3.40. The van der Waals surface area contributed by atoms with Gasteiger partial charge in [-0.25, -0.2) is 0 Å². The van der Waals surface area contributed by atoms with Crippen LogP contribution in [-0.4, -0.2) is 18.8 Å². The molecule has 0 amide bonds. The summed E-state index contributed by atoms with van der Waals surface area (Å²) in [7, 11) is 0. The van der Waals surface area contributed by atoms with Crippen LogP contribution >= 0.6 is 11.8 Å². The molecule has 0 radical (unpaired) electrons. The minimum Gasteiger partial charge on any atom is -0.317 e. The fourth-order valence-corrected chi connectivity index (χ4v) is 2.48. The van der Waals surface area contributed by atoms with Gasteiger partial charge in [0.2, 0.25) is 0 Å². The van der Waals surface area contributed by atoms with Crippen molar-refractivity contribution < 1.29 is 0 Å². The van der Waals surface area contributed by atoms with Crippen molar-refractivity contribution in [2.75, 3.05) is 18.8 Å². The van der Waals surface area contributed by atoms with Crippen LogP contribution in [0.4, 0.5) is 0 Å². The Morgan fingerprint density at radius 1 is 1.27 bits per heavy atom. The average Bonchev–Trinajstić information content (AvgIpc) is 2.20. The minimum atomic E-state index is 1.08. The Morgan fingerprint density at radius 3 is 2.73 bits per heavy atom. The lowest BCUT2D eigenvalue weighted by atomic mass is 10.2. The van der Waals surface area contributed by atoms with Gasteiger partial charge < -0.3 is 5.32 Å². The summed E-state index contributed by atoms with van der Waals surface area (Å²) in [5.41, 5.74) is 2.76. The van der Waals surface area contributed by atoms with E-state index in [4.69, 9.17) is 0 Å². The van der Waals surface area contributed by atoms with Gasteiger partial charge in [0.25, 0.3) is 0 Å². The Hall–Kier alpha value is -0.470. The van der Waals surface area contributed by atoms with E-state index in [9.17, 15) is 0 Å². The average molecular weight is 223 g/mol. The van der Waals surface area contributed by atoms with Crippen molar-refractivity contribution in [3.8, 4) is 0 Å². The van der Waals surface area contributed by atoms with Gasteiger partial charge in [-0.2, -0.15) is 0 Å². The van der Waals surface area contributed by atoms with Crippen LogP contribution in [0.5, 0.6) is 0 Å². The molecule has 0 fully saturated rings. The fourth-order valence-electron chi connectivity index (χ4n) is 1.52. The second-order valence-corrected chi connectivity index (χ2v) is 4.96. The molecule has 0 atom stereocenters. The molecule has 0 aliphatic rings. The van der Waals surface area contributed by atoms with Gasteiger partial charge >= 0.3 is 0 Å². The summed E-state index contributed by atoms with van der Waals surface area (Å²) in [5.74, 6) is 1.21. The maximum Gasteiger partial charge on any atom is 0.0101 e. The largest absolute Gasteiger partial charge is 0.317 e. The van der Waals surface area contributed by atoms with Gasteiger partial charge in [-0.3, -0.25) is 0 Å². The van der Waals surface area contributed by atoms with E-state index in [1.54, 1.807) is 0 Å². The third kappa shape index (κ3) is 4.72. The quantitative estimate of drug-likeness (QED) is 0.586. The molecule has 84 valence electrons. The van der Waals surface area contributed by atoms with Gasteiger partial charge in [0.15, 0.2) is 0 Å². The topological polar surface area (TPSA) is 12.0 Å². The molecule has 2 heteroatoms. The normalized spacial score (nSPS) is 10.6. The molecule has 0 saturated carbocycles. The molecular weight excluding hydrogens is 202 g/mol. The molecule has 0 aliphatic heterocycles. The summed E-state index contributed by atoms with van der Waals surface area (Å²) in [4.78, 5) is 1.43. The molecule has 1 rings (SSSR count). The van der Waals surface area contributed by atoms with E-state index in [0.29, 0.717) is 0 Å². The van der Waals surface area contributed by atoms with Gasteiger partial charge in [-0.1, -0.05) is 24.6 Å². The van der Waals surface area contributed by atoms with E-state index in [1.807, 2.05) is 11.8 Å². The van der Waals surface area contributed by atoms with Crippen LogP contribution in [0.2, 0.25) is 0 Å². The Bertz CT molecular complexity index is 297. The molecular formula is C13H21NS. The molecule has 0 aliphatic carbocycles. The van der Waals surface area contributed by atoms with Crippen molar-refractivity contribution in [2.24, 2.45) is 0 Å². The molecule has 15 heavy (non-hydrogen) atoms. The highest BCUT2D eigenvalue weighted by molar-refractivity contribution is 7.99. The summed E-state index contributed by atoms with van der Waals surface area (Å²) in [6, 6.07) is 6.69. The van der Waals surface area contributed by atoms with Crippen molar-refractivity contribution >= 4 is 11.8 Å². The Morgan fingerprint density at radius 2 is 2.07 bits per heavy atom. The Labute approximate surface area is 97.7 Å². The first-order valence-electron chi connectivity index (χ1n) is 5.65. The van der Waals surface area contributed by atoms with E-state index in [-0.39, 0.29) is 0 Å². The smallest absolute Gasteiger partial charge is 0.0101 e. The zero-order chi connectivity index (χ0) is 11.1. The van der Waals surface area contributed by atoms with Crippen LogP contribution in [0.1, 0.15) is 24.5 Å².